The van der Waals surface area contributed by atoms with E-state index in [4.69, 9.17) is 0 Å². The summed E-state index contributed by atoms with van der Waals surface area (Å²) in [6.07, 6.45) is 2.36. The van der Waals surface area contributed by atoms with Crippen molar-refractivity contribution in [2.75, 3.05) is 23.3 Å². The molecule has 0 unspecified atom stereocenters. The van der Waals surface area contributed by atoms with Crippen molar-refractivity contribution in [3.05, 3.63) is 58.6 Å². The van der Waals surface area contributed by atoms with E-state index in [9.17, 15) is 0 Å². The molecular formula is C18H21BrN2. The molecule has 0 radical (unpaired) electrons. The average Bonchev–Trinajstić information content (AvgIpc) is 2.48. The van der Waals surface area contributed by atoms with Gasteiger partial charge in [0.05, 0.1) is 0 Å². The molecule has 3 heteroatoms. The smallest absolute Gasteiger partial charge is 0.0366 e. The monoisotopic (exact) mass is 344 g/mol. The van der Waals surface area contributed by atoms with Gasteiger partial charge in [0.1, 0.15) is 0 Å². The molecule has 1 fully saturated rings. The zero-order chi connectivity index (χ0) is 14.7. The Morgan fingerprint density at radius 3 is 2.43 bits per heavy atom. The molecule has 1 saturated heterocycles. The second-order valence-electron chi connectivity index (χ2n) is 5.76. The Labute approximate surface area is 135 Å². The normalized spacial score (nSPS) is 16.0. The average molecular weight is 345 g/mol. The van der Waals surface area contributed by atoms with Crippen LogP contribution in [0, 0.1) is 6.92 Å². The predicted molar refractivity (Wildman–Crippen MR) is 94.2 cm³/mol. The highest BCUT2D eigenvalue weighted by Gasteiger charge is 2.19. The van der Waals surface area contributed by atoms with Crippen LogP contribution in [0.5, 0.6) is 0 Å². The quantitative estimate of drug-likeness (QED) is 0.856. The summed E-state index contributed by atoms with van der Waals surface area (Å²) in [4.78, 5) is 2.48. The van der Waals surface area contributed by atoms with Crippen LogP contribution >= 0.6 is 15.9 Å². The van der Waals surface area contributed by atoms with Gasteiger partial charge in [0.25, 0.3) is 0 Å². The Balaban J connectivity index is 1.58. The van der Waals surface area contributed by atoms with Crippen LogP contribution in [0.1, 0.15) is 18.4 Å². The van der Waals surface area contributed by atoms with Crippen molar-refractivity contribution in [2.45, 2.75) is 25.8 Å². The highest BCUT2D eigenvalue weighted by molar-refractivity contribution is 9.10. The van der Waals surface area contributed by atoms with Gasteiger partial charge < -0.3 is 10.2 Å². The third kappa shape index (κ3) is 3.79. The van der Waals surface area contributed by atoms with Crippen LogP contribution in [0.2, 0.25) is 0 Å². The zero-order valence-electron chi connectivity index (χ0n) is 12.3. The van der Waals surface area contributed by atoms with E-state index >= 15 is 0 Å². The van der Waals surface area contributed by atoms with E-state index in [2.05, 4.69) is 81.6 Å². The van der Waals surface area contributed by atoms with Crippen LogP contribution in [0.15, 0.2) is 53.0 Å². The summed E-state index contributed by atoms with van der Waals surface area (Å²) in [5.74, 6) is 0. The first-order chi connectivity index (χ1) is 10.2. The molecule has 0 bridgehead atoms. The van der Waals surface area contributed by atoms with Gasteiger partial charge in [-0.1, -0.05) is 34.1 Å². The highest BCUT2D eigenvalue weighted by Crippen LogP contribution is 2.24. The van der Waals surface area contributed by atoms with Crippen LogP contribution in [-0.4, -0.2) is 19.1 Å². The van der Waals surface area contributed by atoms with Crippen LogP contribution in [-0.2, 0) is 0 Å². The van der Waals surface area contributed by atoms with E-state index in [-0.39, 0.29) is 0 Å². The van der Waals surface area contributed by atoms with Crippen LogP contribution in [0.25, 0.3) is 0 Å². The summed E-state index contributed by atoms with van der Waals surface area (Å²) in [5, 5.41) is 3.68. The van der Waals surface area contributed by atoms with Crippen molar-refractivity contribution in [2.24, 2.45) is 0 Å². The Morgan fingerprint density at radius 1 is 1.05 bits per heavy atom. The molecule has 0 aliphatic carbocycles. The number of benzene rings is 2. The minimum atomic E-state index is 0.568. The topological polar surface area (TPSA) is 15.3 Å². The minimum Gasteiger partial charge on any atom is -0.382 e. The summed E-state index contributed by atoms with van der Waals surface area (Å²) in [7, 11) is 0. The molecule has 2 aromatic carbocycles. The van der Waals surface area contributed by atoms with Crippen molar-refractivity contribution in [1.29, 1.82) is 0 Å². The fraction of sp³-hybridized carbons (Fsp3) is 0.333. The zero-order valence-corrected chi connectivity index (χ0v) is 13.9. The summed E-state index contributed by atoms with van der Waals surface area (Å²) >= 11 is 3.57. The van der Waals surface area contributed by atoms with E-state index in [0.29, 0.717) is 6.04 Å². The lowest BCUT2D eigenvalue weighted by molar-refractivity contribution is 0.527. The Morgan fingerprint density at radius 2 is 1.76 bits per heavy atom. The van der Waals surface area contributed by atoms with Gasteiger partial charge in [-0.25, -0.2) is 0 Å². The maximum absolute atomic E-state index is 3.68. The molecule has 2 aromatic rings. The SMILES string of the molecule is Cc1cc(Br)cc(NC2CCN(c3ccccc3)CC2)c1. The van der Waals surface area contributed by atoms with Crippen molar-refractivity contribution in [3.63, 3.8) is 0 Å². The molecule has 0 atom stereocenters. The number of hydrogen-bond donors (Lipinski definition) is 1. The molecular weight excluding hydrogens is 324 g/mol. The van der Waals surface area contributed by atoms with Gasteiger partial charge in [0.2, 0.25) is 0 Å². The second-order valence-corrected chi connectivity index (χ2v) is 6.67. The third-order valence-corrected chi connectivity index (χ3v) is 4.49. The van der Waals surface area contributed by atoms with Crippen molar-refractivity contribution in [1.82, 2.24) is 0 Å². The summed E-state index contributed by atoms with van der Waals surface area (Å²) in [5.41, 5.74) is 3.85. The molecule has 2 nitrogen and oxygen atoms in total. The standard InChI is InChI=1S/C18H21BrN2/c1-14-11-15(19)13-17(12-14)20-16-7-9-21(10-8-16)18-5-3-2-4-6-18/h2-6,11-13,16,20H,7-10H2,1H3. The third-order valence-electron chi connectivity index (χ3n) is 4.03. The Hall–Kier alpha value is -1.48. The van der Waals surface area contributed by atoms with Crippen LogP contribution < -0.4 is 10.2 Å². The van der Waals surface area contributed by atoms with Crippen LogP contribution in [0.3, 0.4) is 0 Å². The Kier molecular flexibility index (Phi) is 4.49. The second kappa shape index (κ2) is 6.52. The largest absolute Gasteiger partial charge is 0.382 e. The number of halogens is 1. The highest BCUT2D eigenvalue weighted by atomic mass is 79.9. The van der Waals surface area contributed by atoms with E-state index in [1.807, 2.05) is 0 Å². The lowest BCUT2D eigenvalue weighted by atomic mass is 10.0. The molecule has 0 aromatic heterocycles. The Bertz CT molecular complexity index is 569. The molecule has 0 spiro atoms. The van der Waals surface area contributed by atoms with Crippen LogP contribution in [0.4, 0.5) is 11.4 Å². The fourth-order valence-electron chi connectivity index (χ4n) is 2.98. The van der Waals surface area contributed by atoms with E-state index in [1.165, 1.54) is 29.8 Å². The molecule has 0 saturated carbocycles. The molecule has 110 valence electrons. The van der Waals surface area contributed by atoms with Gasteiger partial charge in [-0.3, -0.25) is 0 Å². The molecule has 0 amide bonds. The van der Waals surface area contributed by atoms with E-state index in [0.717, 1.165) is 17.6 Å². The van der Waals surface area contributed by atoms with Gasteiger partial charge in [-0.15, -0.1) is 0 Å². The molecule has 3 rings (SSSR count). The number of nitrogens with zero attached hydrogens (tertiary/aromatic N) is 1. The summed E-state index contributed by atoms with van der Waals surface area (Å²) < 4.78 is 1.15. The first-order valence-electron chi connectivity index (χ1n) is 7.54. The number of anilines is 2. The fourth-order valence-corrected chi connectivity index (χ4v) is 3.58. The van der Waals surface area contributed by atoms with Crippen molar-refractivity contribution < 1.29 is 0 Å². The minimum absolute atomic E-state index is 0.568. The molecule has 1 N–H and O–H groups in total. The van der Waals surface area contributed by atoms with Crippen molar-refractivity contribution >= 4 is 27.3 Å². The van der Waals surface area contributed by atoms with Gasteiger partial charge >= 0.3 is 0 Å². The number of aryl methyl sites for hydroxylation is 1. The maximum Gasteiger partial charge on any atom is 0.0366 e. The lowest BCUT2D eigenvalue weighted by Gasteiger charge is -2.34. The van der Waals surface area contributed by atoms with Gasteiger partial charge in [-0.2, -0.15) is 0 Å². The van der Waals surface area contributed by atoms with Crippen molar-refractivity contribution in [3.8, 4) is 0 Å². The van der Waals surface area contributed by atoms with E-state index in [1.54, 1.807) is 0 Å². The first-order valence-corrected chi connectivity index (χ1v) is 8.34. The van der Waals surface area contributed by atoms with E-state index < -0.39 is 0 Å². The number of piperidine rings is 1. The summed E-state index contributed by atoms with van der Waals surface area (Å²) in [6.45, 7) is 4.37. The van der Waals surface area contributed by atoms with Gasteiger partial charge in [0.15, 0.2) is 0 Å². The number of nitrogens with one attached hydrogen (secondary N) is 1. The number of hydrogen-bond acceptors (Lipinski definition) is 2. The molecule has 1 aliphatic heterocycles. The maximum atomic E-state index is 3.68. The number of para-hydroxylation sites is 1. The number of rotatable bonds is 3. The predicted octanol–water partition coefficient (Wildman–Crippen LogP) is 4.84. The lowest BCUT2D eigenvalue weighted by Crippen LogP contribution is -2.39. The molecule has 1 aliphatic rings. The molecule has 21 heavy (non-hydrogen) atoms. The molecule has 1 heterocycles. The van der Waals surface area contributed by atoms with Gasteiger partial charge in [-0.05, 0) is 55.7 Å². The summed E-state index contributed by atoms with van der Waals surface area (Å²) in [6, 6.07) is 17.8. The first kappa shape index (κ1) is 14.5. The van der Waals surface area contributed by atoms with Gasteiger partial charge in [0, 0.05) is 35.0 Å².